The summed E-state index contributed by atoms with van der Waals surface area (Å²) in [5.41, 5.74) is 5.26. The van der Waals surface area contributed by atoms with E-state index in [0.717, 1.165) is 59.8 Å². The molecule has 7 nitrogen and oxygen atoms in total. The average molecular weight is 420 g/mol. The summed E-state index contributed by atoms with van der Waals surface area (Å²) in [6.45, 7) is 5.94. The maximum Gasteiger partial charge on any atom is 0.252 e. The number of allylic oxidation sites excluding steroid dienone is 1. The van der Waals surface area contributed by atoms with Gasteiger partial charge in [-0.05, 0) is 31.9 Å². The van der Waals surface area contributed by atoms with Crippen molar-refractivity contribution in [3.05, 3.63) is 59.5 Å². The predicted octanol–water partition coefficient (Wildman–Crippen LogP) is 2.42. The summed E-state index contributed by atoms with van der Waals surface area (Å²) >= 11 is 0. The summed E-state index contributed by atoms with van der Waals surface area (Å²) in [6, 6.07) is 2.12. The molecule has 1 amide bonds. The van der Waals surface area contributed by atoms with Gasteiger partial charge >= 0.3 is 0 Å². The molecule has 2 fully saturated rings. The van der Waals surface area contributed by atoms with Crippen LogP contribution in [0.2, 0.25) is 0 Å². The van der Waals surface area contributed by atoms with Crippen molar-refractivity contribution in [1.29, 1.82) is 0 Å². The van der Waals surface area contributed by atoms with Crippen molar-refractivity contribution in [2.24, 2.45) is 0 Å². The summed E-state index contributed by atoms with van der Waals surface area (Å²) < 4.78 is 1.95. The molecule has 2 atom stereocenters. The third-order valence-electron chi connectivity index (χ3n) is 6.17. The molecule has 30 heavy (non-hydrogen) atoms. The number of carbonyl (C=O) groups excluding carboxylic acids is 1. The Bertz CT molecular complexity index is 1120. The highest BCUT2D eigenvalue weighted by molar-refractivity contribution is 7.51. The lowest BCUT2D eigenvalue weighted by Gasteiger charge is -2.37. The number of nitrogens with one attached hydrogen (secondary N) is 1. The maximum absolute atomic E-state index is 13.0. The number of fused-ring (bicyclic) bond motifs is 2. The van der Waals surface area contributed by atoms with E-state index < -0.39 is 0 Å². The molecule has 0 bridgehead atoms. The number of nitrogens with zero attached hydrogens (tertiary/aromatic N) is 5. The number of carbonyl (C=O) groups is 1. The molecule has 0 aromatic carbocycles. The number of amides is 1. The quantitative estimate of drug-likeness (QED) is 0.773. The lowest BCUT2D eigenvalue weighted by molar-refractivity contribution is -0.123. The largest absolute Gasteiger partial charge is 0.368 e. The molecule has 154 valence electrons. The van der Waals surface area contributed by atoms with E-state index in [2.05, 4.69) is 28.4 Å². The predicted molar refractivity (Wildman–Crippen MR) is 118 cm³/mol. The molecule has 1 N–H and O–H groups in total. The van der Waals surface area contributed by atoms with Crippen LogP contribution in [0.4, 0.5) is 0 Å². The molecule has 2 aromatic heterocycles. The van der Waals surface area contributed by atoms with Crippen LogP contribution in [0, 0.1) is 6.92 Å². The molecule has 0 radical (unpaired) electrons. The fraction of sp³-hybridized carbons (Fsp3) is 0.409. The van der Waals surface area contributed by atoms with E-state index in [-0.39, 0.29) is 11.7 Å². The lowest BCUT2D eigenvalue weighted by Crippen LogP contribution is -2.44. The standard InChI is InChI=1S/C22H25N6OP/c1-14-12-28-18(22(24-14)15-2-3-15)10-17(25-28)19-11-20(29)27-13-16(4-5-21(27)30-19)26-8-6-23-7-9-26/h4-5,10-13,15,21,23,30H,2-3,6-9H2,1H3. The van der Waals surface area contributed by atoms with Gasteiger partial charge in [0.25, 0.3) is 5.91 Å². The van der Waals surface area contributed by atoms with E-state index in [1.807, 2.05) is 28.7 Å². The Labute approximate surface area is 177 Å². The highest BCUT2D eigenvalue weighted by atomic mass is 31.1. The molecule has 1 saturated carbocycles. The Morgan fingerprint density at radius 1 is 1.23 bits per heavy atom. The zero-order chi connectivity index (χ0) is 20.2. The summed E-state index contributed by atoms with van der Waals surface area (Å²) in [7, 11) is 0.481. The third kappa shape index (κ3) is 3.17. The number of hydrogen-bond acceptors (Lipinski definition) is 5. The van der Waals surface area contributed by atoms with Crippen LogP contribution >= 0.6 is 8.58 Å². The number of hydrogen-bond donors (Lipinski definition) is 1. The Balaban J connectivity index is 1.31. The first-order valence-corrected chi connectivity index (χ1v) is 11.8. The molecule has 2 aromatic rings. The minimum absolute atomic E-state index is 0.0412. The second kappa shape index (κ2) is 7.03. The van der Waals surface area contributed by atoms with Crippen LogP contribution in [0.15, 0.2) is 42.4 Å². The second-order valence-corrected chi connectivity index (χ2v) is 9.86. The molecule has 5 heterocycles. The maximum atomic E-state index is 13.0. The number of aryl methyl sites for hydroxylation is 1. The monoisotopic (exact) mass is 420 g/mol. The molecule has 4 aliphatic rings. The molecular formula is C22H25N6OP. The van der Waals surface area contributed by atoms with E-state index in [0.29, 0.717) is 14.5 Å². The summed E-state index contributed by atoms with van der Waals surface area (Å²) in [6.07, 6.45) is 12.6. The van der Waals surface area contributed by atoms with Gasteiger partial charge in [0, 0.05) is 49.7 Å². The van der Waals surface area contributed by atoms with Crippen LogP contribution < -0.4 is 5.32 Å². The number of rotatable bonds is 3. The van der Waals surface area contributed by atoms with Gasteiger partial charge in [-0.15, -0.1) is 0 Å². The number of aromatic nitrogens is 3. The van der Waals surface area contributed by atoms with Gasteiger partial charge < -0.3 is 15.1 Å². The van der Waals surface area contributed by atoms with Crippen molar-refractivity contribution < 1.29 is 4.79 Å². The molecular weight excluding hydrogens is 395 g/mol. The average Bonchev–Trinajstić information content (AvgIpc) is 3.52. The van der Waals surface area contributed by atoms with Crippen molar-refractivity contribution in [1.82, 2.24) is 29.7 Å². The Morgan fingerprint density at radius 2 is 2.07 bits per heavy atom. The second-order valence-electron chi connectivity index (χ2n) is 8.44. The molecule has 2 unspecified atom stereocenters. The van der Waals surface area contributed by atoms with Gasteiger partial charge in [-0.25, -0.2) is 4.52 Å². The van der Waals surface area contributed by atoms with E-state index in [9.17, 15) is 4.79 Å². The van der Waals surface area contributed by atoms with Crippen molar-refractivity contribution in [2.45, 2.75) is 31.5 Å². The van der Waals surface area contributed by atoms with Gasteiger partial charge in [-0.1, -0.05) is 14.7 Å². The summed E-state index contributed by atoms with van der Waals surface area (Å²) in [4.78, 5) is 22.0. The molecule has 8 heteroatoms. The van der Waals surface area contributed by atoms with Crippen molar-refractivity contribution in [2.75, 3.05) is 26.2 Å². The first-order valence-electron chi connectivity index (χ1n) is 10.7. The van der Waals surface area contributed by atoms with Gasteiger partial charge in [0.2, 0.25) is 0 Å². The van der Waals surface area contributed by atoms with Gasteiger partial charge in [-0.3, -0.25) is 9.78 Å². The lowest BCUT2D eigenvalue weighted by atomic mass is 10.2. The van der Waals surface area contributed by atoms with E-state index in [1.165, 1.54) is 12.8 Å². The topological polar surface area (TPSA) is 65.8 Å². The van der Waals surface area contributed by atoms with E-state index in [1.54, 1.807) is 6.08 Å². The van der Waals surface area contributed by atoms with Crippen LogP contribution in [-0.4, -0.2) is 62.3 Å². The Hall–Kier alpha value is -2.50. The minimum atomic E-state index is 0.0412. The first kappa shape index (κ1) is 18.3. The first-order chi connectivity index (χ1) is 14.7. The SMILES string of the molecule is Cc1cn2nc(C3=CC(=O)N4C=C(N5CCNCC5)C=CC4P3)cc2c(C2CC2)n1. The molecule has 1 saturated heterocycles. The fourth-order valence-electron chi connectivity index (χ4n) is 4.45. The zero-order valence-corrected chi connectivity index (χ0v) is 18.0. The molecule has 0 spiro atoms. The molecule has 3 aliphatic heterocycles. The Morgan fingerprint density at radius 3 is 2.87 bits per heavy atom. The third-order valence-corrected chi connectivity index (χ3v) is 7.65. The van der Waals surface area contributed by atoms with Gasteiger partial charge in [0.1, 0.15) is 0 Å². The summed E-state index contributed by atoms with van der Waals surface area (Å²) in [5.74, 6) is 0.683. The highest BCUT2D eigenvalue weighted by Gasteiger charge is 2.32. The smallest absolute Gasteiger partial charge is 0.252 e. The van der Waals surface area contributed by atoms with E-state index >= 15 is 0 Å². The fourth-order valence-corrected chi connectivity index (χ4v) is 5.78. The molecule has 6 rings (SSSR count). The van der Waals surface area contributed by atoms with Crippen molar-refractivity contribution in [3.8, 4) is 0 Å². The normalized spacial score (nSPS) is 25.0. The van der Waals surface area contributed by atoms with Crippen LogP contribution in [0.5, 0.6) is 0 Å². The van der Waals surface area contributed by atoms with Crippen molar-refractivity contribution in [3.63, 3.8) is 0 Å². The summed E-state index contributed by atoms with van der Waals surface area (Å²) in [5, 5.41) is 9.23. The number of piperazine rings is 1. The van der Waals surface area contributed by atoms with Crippen LogP contribution in [0.3, 0.4) is 0 Å². The minimum Gasteiger partial charge on any atom is -0.368 e. The molecule has 1 aliphatic carbocycles. The van der Waals surface area contributed by atoms with Gasteiger partial charge in [-0.2, -0.15) is 5.10 Å². The van der Waals surface area contributed by atoms with Crippen LogP contribution in [0.1, 0.15) is 35.8 Å². The van der Waals surface area contributed by atoms with Crippen LogP contribution in [-0.2, 0) is 4.79 Å². The Kier molecular flexibility index (Phi) is 4.29. The van der Waals surface area contributed by atoms with Crippen molar-refractivity contribution >= 4 is 25.3 Å². The highest BCUT2D eigenvalue weighted by Crippen LogP contribution is 2.46. The zero-order valence-electron chi connectivity index (χ0n) is 17.0. The van der Waals surface area contributed by atoms with Gasteiger partial charge in [0.15, 0.2) is 0 Å². The van der Waals surface area contributed by atoms with Crippen LogP contribution in [0.25, 0.3) is 10.8 Å². The van der Waals surface area contributed by atoms with Gasteiger partial charge in [0.05, 0.1) is 40.3 Å². The van der Waals surface area contributed by atoms with E-state index in [4.69, 9.17) is 10.1 Å².